The lowest BCUT2D eigenvalue weighted by Crippen LogP contribution is -2.44. The van der Waals surface area contributed by atoms with Crippen molar-refractivity contribution in [1.29, 1.82) is 0 Å². The van der Waals surface area contributed by atoms with Crippen LogP contribution < -0.4 is 0 Å². The summed E-state index contributed by atoms with van der Waals surface area (Å²) in [5, 5.41) is 0. The highest BCUT2D eigenvalue weighted by Crippen LogP contribution is 2.59. The van der Waals surface area contributed by atoms with E-state index in [0.29, 0.717) is 21.7 Å². The van der Waals surface area contributed by atoms with E-state index in [2.05, 4.69) is 95.7 Å². The smallest absolute Gasteiger partial charge is 0.0187 e. The van der Waals surface area contributed by atoms with Gasteiger partial charge in [-0.2, -0.15) is 0 Å². The van der Waals surface area contributed by atoms with Crippen LogP contribution in [0.1, 0.15) is 149 Å². The van der Waals surface area contributed by atoms with Gasteiger partial charge in [0.05, 0.1) is 0 Å². The molecule has 0 heteroatoms. The average Bonchev–Trinajstić information content (AvgIpc) is 3.17. The van der Waals surface area contributed by atoms with E-state index in [1.165, 1.54) is 44.1 Å². The summed E-state index contributed by atoms with van der Waals surface area (Å²) in [7, 11) is 0. The molecule has 0 nitrogen and oxygen atoms in total. The van der Waals surface area contributed by atoms with Gasteiger partial charge >= 0.3 is 0 Å². The minimum Gasteiger partial charge on any atom is -0.0999 e. The van der Waals surface area contributed by atoms with Crippen LogP contribution in [0.2, 0.25) is 0 Å². The van der Waals surface area contributed by atoms with Crippen molar-refractivity contribution in [3.8, 4) is 0 Å². The standard InChI is InChI=1S/C16H28.C16H30.C2H6.CH4/c1-11-9-13(10-12(11)2)14-15(3,4)7-8-16(14,5)6;1-8-12(2)11-14-9-10-15(4,5)13(3)16(14,6)7;1-2;/h9,12-14H,7-8,10H2,1-6H3;13-14H,2,8-11H2,1,3-7H3;1-2H3;1H4. The molecule has 4 unspecified atom stereocenters. The molecular formula is C35H68. The average molecular weight is 489 g/mol. The van der Waals surface area contributed by atoms with Crippen molar-refractivity contribution < 1.29 is 0 Å². The molecule has 0 aromatic heterocycles. The second-order valence-corrected chi connectivity index (χ2v) is 14.7. The largest absolute Gasteiger partial charge is 0.0999 e. The van der Waals surface area contributed by atoms with Gasteiger partial charge in [-0.3, -0.25) is 0 Å². The lowest BCUT2D eigenvalue weighted by Gasteiger charge is -2.52. The highest BCUT2D eigenvalue weighted by Gasteiger charge is 2.50. The second-order valence-electron chi connectivity index (χ2n) is 14.7. The fraction of sp³-hybridized carbons (Fsp3) is 0.886. The molecule has 0 N–H and O–H groups in total. The van der Waals surface area contributed by atoms with Crippen molar-refractivity contribution in [2.75, 3.05) is 0 Å². The van der Waals surface area contributed by atoms with E-state index < -0.39 is 0 Å². The lowest BCUT2D eigenvalue weighted by atomic mass is 9.53. The zero-order valence-electron chi connectivity index (χ0n) is 26.1. The van der Waals surface area contributed by atoms with Gasteiger partial charge < -0.3 is 0 Å². The van der Waals surface area contributed by atoms with Gasteiger partial charge in [-0.05, 0) is 103 Å². The van der Waals surface area contributed by atoms with Crippen LogP contribution in [0.25, 0.3) is 0 Å². The summed E-state index contributed by atoms with van der Waals surface area (Å²) < 4.78 is 0. The summed E-state index contributed by atoms with van der Waals surface area (Å²) in [4.78, 5) is 0. The number of rotatable bonds is 4. The fourth-order valence-corrected chi connectivity index (χ4v) is 7.92. The molecule has 4 atom stereocenters. The molecule has 0 spiro atoms. The number of hydrogen-bond donors (Lipinski definition) is 0. The number of allylic oxidation sites excluding steroid dienone is 3. The first-order valence-corrected chi connectivity index (χ1v) is 14.8. The Labute approximate surface area is 224 Å². The number of hydrogen-bond acceptors (Lipinski definition) is 0. The Kier molecular flexibility index (Phi) is 12.6. The molecule has 208 valence electrons. The van der Waals surface area contributed by atoms with Crippen molar-refractivity contribution in [3.05, 3.63) is 23.8 Å². The van der Waals surface area contributed by atoms with Gasteiger partial charge in [0, 0.05) is 0 Å². The third-order valence-corrected chi connectivity index (χ3v) is 10.9. The summed E-state index contributed by atoms with van der Waals surface area (Å²) in [6, 6.07) is 0. The topological polar surface area (TPSA) is 0 Å². The van der Waals surface area contributed by atoms with Crippen molar-refractivity contribution in [2.24, 2.45) is 51.2 Å². The molecule has 0 aromatic carbocycles. The Morgan fingerprint density at radius 2 is 1.37 bits per heavy atom. The molecule has 0 heterocycles. The van der Waals surface area contributed by atoms with E-state index in [1.807, 2.05) is 13.8 Å². The predicted octanol–water partition coefficient (Wildman–Crippen LogP) is 12.2. The van der Waals surface area contributed by atoms with Crippen LogP contribution in [0.15, 0.2) is 23.8 Å². The second kappa shape index (κ2) is 12.8. The molecule has 2 fully saturated rings. The monoisotopic (exact) mass is 489 g/mol. The summed E-state index contributed by atoms with van der Waals surface area (Å²) in [5.41, 5.74) is 5.10. The summed E-state index contributed by atoms with van der Waals surface area (Å²) in [6.07, 6.45) is 11.9. The molecule has 0 aromatic rings. The van der Waals surface area contributed by atoms with Crippen LogP contribution in [0, 0.1) is 51.2 Å². The molecule has 3 aliphatic carbocycles. The van der Waals surface area contributed by atoms with E-state index >= 15 is 0 Å². The first-order chi connectivity index (χ1) is 15.5. The highest BCUT2D eigenvalue weighted by molar-refractivity contribution is 5.16. The van der Waals surface area contributed by atoms with E-state index in [4.69, 9.17) is 0 Å². The van der Waals surface area contributed by atoms with Crippen molar-refractivity contribution in [1.82, 2.24) is 0 Å². The van der Waals surface area contributed by atoms with Crippen molar-refractivity contribution in [3.63, 3.8) is 0 Å². The van der Waals surface area contributed by atoms with Crippen LogP contribution in [-0.4, -0.2) is 0 Å². The SMILES string of the molecule is C.C=C(CC)CC1CCC(C)(C)C(C)C1(C)C.CC.CC1=CC(C2C(C)(C)CCC2(C)C)CC1C. The lowest BCUT2D eigenvalue weighted by molar-refractivity contribution is -0.0240. The quantitative estimate of drug-likeness (QED) is 0.345. The van der Waals surface area contributed by atoms with E-state index in [9.17, 15) is 0 Å². The molecule has 3 rings (SSSR count). The molecule has 2 saturated carbocycles. The van der Waals surface area contributed by atoms with Gasteiger partial charge in [-0.15, -0.1) is 0 Å². The maximum absolute atomic E-state index is 4.19. The van der Waals surface area contributed by atoms with Gasteiger partial charge in [-0.25, -0.2) is 0 Å². The minimum atomic E-state index is 0. The summed E-state index contributed by atoms with van der Waals surface area (Å²) in [5.74, 6) is 4.16. The Balaban J connectivity index is 0.000000601. The van der Waals surface area contributed by atoms with Gasteiger partial charge in [0.1, 0.15) is 0 Å². The highest BCUT2D eigenvalue weighted by atomic mass is 14.6. The Morgan fingerprint density at radius 3 is 1.77 bits per heavy atom. The van der Waals surface area contributed by atoms with Crippen molar-refractivity contribution >= 4 is 0 Å². The van der Waals surface area contributed by atoms with Gasteiger partial charge in [0.2, 0.25) is 0 Å². The molecule has 35 heavy (non-hydrogen) atoms. The Bertz CT molecular complexity index is 667. The summed E-state index contributed by atoms with van der Waals surface area (Å²) >= 11 is 0. The minimum absolute atomic E-state index is 0. The van der Waals surface area contributed by atoms with E-state index in [-0.39, 0.29) is 7.43 Å². The maximum atomic E-state index is 4.19. The van der Waals surface area contributed by atoms with Crippen molar-refractivity contribution in [2.45, 2.75) is 149 Å². The van der Waals surface area contributed by atoms with Gasteiger partial charge in [0.15, 0.2) is 0 Å². The van der Waals surface area contributed by atoms with Crippen LogP contribution in [0.3, 0.4) is 0 Å². The zero-order chi connectivity index (χ0) is 26.7. The fourth-order valence-electron chi connectivity index (χ4n) is 7.92. The van der Waals surface area contributed by atoms with Crippen LogP contribution in [0.4, 0.5) is 0 Å². The molecule has 0 radical (unpaired) electrons. The Hall–Kier alpha value is -0.520. The van der Waals surface area contributed by atoms with E-state index in [0.717, 1.165) is 36.0 Å². The molecule has 0 aliphatic heterocycles. The van der Waals surface area contributed by atoms with Crippen LogP contribution >= 0.6 is 0 Å². The van der Waals surface area contributed by atoms with Gasteiger partial charge in [-0.1, -0.05) is 121 Å². The molecular weight excluding hydrogens is 420 g/mol. The molecule has 0 amide bonds. The normalized spacial score (nSPS) is 32.2. The first kappa shape index (κ1) is 34.5. The van der Waals surface area contributed by atoms with Crippen LogP contribution in [-0.2, 0) is 0 Å². The predicted molar refractivity (Wildman–Crippen MR) is 163 cm³/mol. The summed E-state index contributed by atoms with van der Waals surface area (Å²) in [6.45, 7) is 37.3. The van der Waals surface area contributed by atoms with Gasteiger partial charge in [0.25, 0.3) is 0 Å². The zero-order valence-corrected chi connectivity index (χ0v) is 26.1. The molecule has 3 aliphatic rings. The van der Waals surface area contributed by atoms with Crippen LogP contribution in [0.5, 0.6) is 0 Å². The third-order valence-electron chi connectivity index (χ3n) is 10.9. The molecule has 0 bridgehead atoms. The van der Waals surface area contributed by atoms with E-state index in [1.54, 1.807) is 5.57 Å². The molecule has 0 saturated heterocycles. The Morgan fingerprint density at radius 1 is 0.886 bits per heavy atom. The first-order valence-electron chi connectivity index (χ1n) is 14.8. The maximum Gasteiger partial charge on any atom is -0.0187 e. The third kappa shape index (κ3) is 7.98.